The molecule has 1 rings (SSSR count). The lowest BCUT2D eigenvalue weighted by Gasteiger charge is -2.29. The summed E-state index contributed by atoms with van der Waals surface area (Å²) < 4.78 is 0. The number of nitrogens with zero attached hydrogens (tertiary/aromatic N) is 2. The molecule has 4 heteroatoms. The van der Waals surface area contributed by atoms with Gasteiger partial charge in [0.2, 0.25) is 5.91 Å². The Bertz CT molecular complexity index is 312. The van der Waals surface area contributed by atoms with Gasteiger partial charge in [0, 0.05) is 26.6 Å². The van der Waals surface area contributed by atoms with Gasteiger partial charge >= 0.3 is 0 Å². The third-order valence-electron chi connectivity index (χ3n) is 4.81. The number of amides is 1. The molecule has 124 valence electrons. The van der Waals surface area contributed by atoms with Gasteiger partial charge in [0.15, 0.2) is 0 Å². The van der Waals surface area contributed by atoms with Crippen LogP contribution in [0.4, 0.5) is 0 Å². The van der Waals surface area contributed by atoms with Crippen molar-refractivity contribution < 1.29 is 4.79 Å². The molecule has 0 saturated carbocycles. The molecule has 0 aromatic heterocycles. The monoisotopic (exact) mass is 297 g/mol. The van der Waals surface area contributed by atoms with E-state index in [1.165, 1.54) is 19.3 Å². The Kier molecular flexibility index (Phi) is 7.67. The SMILES string of the molecule is CN(CCCN)C(=O)CCN1CCCC(C(C)(C)C)CC1. The maximum absolute atomic E-state index is 12.1. The van der Waals surface area contributed by atoms with Gasteiger partial charge in [0.05, 0.1) is 0 Å². The van der Waals surface area contributed by atoms with Crippen LogP contribution >= 0.6 is 0 Å². The summed E-state index contributed by atoms with van der Waals surface area (Å²) in [6.07, 6.45) is 5.38. The van der Waals surface area contributed by atoms with E-state index in [4.69, 9.17) is 5.73 Å². The highest BCUT2D eigenvalue weighted by Crippen LogP contribution is 2.34. The highest BCUT2D eigenvalue weighted by molar-refractivity contribution is 5.76. The fourth-order valence-electron chi connectivity index (χ4n) is 3.14. The number of rotatable bonds is 6. The molecule has 1 aliphatic heterocycles. The maximum Gasteiger partial charge on any atom is 0.223 e. The lowest BCUT2D eigenvalue weighted by Crippen LogP contribution is -2.34. The Morgan fingerprint density at radius 2 is 2.00 bits per heavy atom. The minimum absolute atomic E-state index is 0.250. The van der Waals surface area contributed by atoms with E-state index in [0.29, 0.717) is 18.4 Å². The summed E-state index contributed by atoms with van der Waals surface area (Å²) in [6, 6.07) is 0. The topological polar surface area (TPSA) is 49.6 Å². The Labute approximate surface area is 131 Å². The molecule has 4 nitrogen and oxygen atoms in total. The first-order valence-corrected chi connectivity index (χ1v) is 8.51. The molecule has 1 saturated heterocycles. The number of likely N-dealkylation sites (tertiary alicyclic amines) is 1. The van der Waals surface area contributed by atoms with E-state index in [-0.39, 0.29) is 5.91 Å². The first kappa shape index (κ1) is 18.4. The largest absolute Gasteiger partial charge is 0.346 e. The second-order valence-electron chi connectivity index (χ2n) is 7.54. The Morgan fingerprint density at radius 1 is 1.29 bits per heavy atom. The van der Waals surface area contributed by atoms with E-state index in [1.807, 2.05) is 11.9 Å². The number of carbonyl (C=O) groups is 1. The first-order valence-electron chi connectivity index (χ1n) is 8.51. The predicted octanol–water partition coefficient (Wildman–Crippen LogP) is 2.33. The summed E-state index contributed by atoms with van der Waals surface area (Å²) in [6.45, 7) is 11.7. The Morgan fingerprint density at radius 3 is 2.62 bits per heavy atom. The summed E-state index contributed by atoms with van der Waals surface area (Å²) in [5, 5.41) is 0. The van der Waals surface area contributed by atoms with Crippen molar-refractivity contribution in [3.05, 3.63) is 0 Å². The average molecular weight is 297 g/mol. The maximum atomic E-state index is 12.1. The average Bonchev–Trinajstić information content (AvgIpc) is 2.67. The molecule has 0 bridgehead atoms. The van der Waals surface area contributed by atoms with Crippen molar-refractivity contribution in [3.8, 4) is 0 Å². The Balaban J connectivity index is 2.31. The second kappa shape index (κ2) is 8.74. The van der Waals surface area contributed by atoms with E-state index in [1.54, 1.807) is 0 Å². The summed E-state index contributed by atoms with van der Waals surface area (Å²) in [4.78, 5) is 16.4. The van der Waals surface area contributed by atoms with Crippen LogP contribution < -0.4 is 5.73 Å². The van der Waals surface area contributed by atoms with Gasteiger partial charge < -0.3 is 15.5 Å². The van der Waals surface area contributed by atoms with E-state index in [2.05, 4.69) is 25.7 Å². The van der Waals surface area contributed by atoms with Crippen LogP contribution in [0, 0.1) is 11.3 Å². The zero-order valence-corrected chi connectivity index (χ0v) is 14.5. The molecule has 1 amide bonds. The highest BCUT2D eigenvalue weighted by Gasteiger charge is 2.27. The van der Waals surface area contributed by atoms with E-state index >= 15 is 0 Å². The minimum atomic E-state index is 0.250. The molecule has 21 heavy (non-hydrogen) atoms. The molecule has 0 aliphatic carbocycles. The summed E-state index contributed by atoms with van der Waals surface area (Å²) in [5.74, 6) is 1.06. The van der Waals surface area contributed by atoms with Crippen molar-refractivity contribution in [2.45, 2.75) is 52.9 Å². The molecule has 1 unspecified atom stereocenters. The second-order valence-corrected chi connectivity index (χ2v) is 7.54. The molecule has 2 N–H and O–H groups in total. The third kappa shape index (κ3) is 6.79. The van der Waals surface area contributed by atoms with Crippen LogP contribution in [0.5, 0.6) is 0 Å². The van der Waals surface area contributed by atoms with E-state index in [9.17, 15) is 4.79 Å². The lowest BCUT2D eigenvalue weighted by molar-refractivity contribution is -0.130. The quantitative estimate of drug-likeness (QED) is 0.818. The van der Waals surface area contributed by atoms with Gasteiger partial charge in [0.25, 0.3) is 0 Å². The molecule has 0 aromatic rings. The molecular weight excluding hydrogens is 262 g/mol. The predicted molar refractivity (Wildman–Crippen MR) is 89.2 cm³/mol. The number of carbonyl (C=O) groups excluding carboxylic acids is 1. The first-order chi connectivity index (χ1) is 9.84. The van der Waals surface area contributed by atoms with Gasteiger partial charge in [0.1, 0.15) is 0 Å². The van der Waals surface area contributed by atoms with Crippen LogP contribution in [0.15, 0.2) is 0 Å². The summed E-state index contributed by atoms with van der Waals surface area (Å²) in [5.41, 5.74) is 5.90. The summed E-state index contributed by atoms with van der Waals surface area (Å²) >= 11 is 0. The Hall–Kier alpha value is -0.610. The lowest BCUT2D eigenvalue weighted by atomic mass is 9.77. The van der Waals surface area contributed by atoms with Crippen LogP contribution in [0.1, 0.15) is 52.9 Å². The zero-order valence-electron chi connectivity index (χ0n) is 14.5. The van der Waals surface area contributed by atoms with Gasteiger partial charge in [-0.25, -0.2) is 0 Å². The van der Waals surface area contributed by atoms with Crippen molar-refractivity contribution in [2.75, 3.05) is 39.8 Å². The molecule has 1 fully saturated rings. The van der Waals surface area contributed by atoms with Crippen LogP contribution in [0.3, 0.4) is 0 Å². The van der Waals surface area contributed by atoms with Crippen molar-refractivity contribution in [2.24, 2.45) is 17.1 Å². The van der Waals surface area contributed by atoms with Crippen LogP contribution in [0.2, 0.25) is 0 Å². The smallest absolute Gasteiger partial charge is 0.223 e. The highest BCUT2D eigenvalue weighted by atomic mass is 16.2. The van der Waals surface area contributed by atoms with Gasteiger partial charge in [-0.05, 0) is 56.7 Å². The fourth-order valence-corrected chi connectivity index (χ4v) is 3.14. The number of hydrogen-bond donors (Lipinski definition) is 1. The molecule has 1 heterocycles. The molecule has 0 spiro atoms. The number of nitrogens with two attached hydrogens (primary N) is 1. The molecular formula is C17H35N3O. The molecule has 0 aromatic carbocycles. The zero-order chi connectivity index (χ0) is 15.9. The molecule has 1 aliphatic rings. The van der Waals surface area contributed by atoms with Crippen LogP contribution in [0.25, 0.3) is 0 Å². The number of hydrogen-bond acceptors (Lipinski definition) is 3. The molecule has 0 radical (unpaired) electrons. The third-order valence-corrected chi connectivity index (χ3v) is 4.81. The standard InChI is InChI=1S/C17H35N3O/c1-17(2,3)15-7-5-12-20(13-8-15)14-9-16(21)19(4)11-6-10-18/h15H,5-14,18H2,1-4H3. The van der Waals surface area contributed by atoms with Gasteiger partial charge in [-0.2, -0.15) is 0 Å². The normalized spacial score (nSPS) is 21.1. The van der Waals surface area contributed by atoms with E-state index < -0.39 is 0 Å². The van der Waals surface area contributed by atoms with E-state index in [0.717, 1.165) is 38.5 Å². The van der Waals surface area contributed by atoms with Gasteiger partial charge in [-0.15, -0.1) is 0 Å². The van der Waals surface area contributed by atoms with Crippen molar-refractivity contribution in [3.63, 3.8) is 0 Å². The van der Waals surface area contributed by atoms with Gasteiger partial charge in [-0.3, -0.25) is 4.79 Å². The molecule has 1 atom stereocenters. The van der Waals surface area contributed by atoms with Crippen molar-refractivity contribution in [1.29, 1.82) is 0 Å². The minimum Gasteiger partial charge on any atom is -0.346 e. The van der Waals surface area contributed by atoms with Crippen LogP contribution in [-0.4, -0.2) is 55.5 Å². The summed E-state index contributed by atoms with van der Waals surface area (Å²) in [7, 11) is 1.88. The van der Waals surface area contributed by atoms with Crippen LogP contribution in [-0.2, 0) is 4.79 Å². The van der Waals surface area contributed by atoms with Crippen molar-refractivity contribution in [1.82, 2.24) is 9.80 Å². The van der Waals surface area contributed by atoms with Gasteiger partial charge in [-0.1, -0.05) is 20.8 Å². The van der Waals surface area contributed by atoms with Crippen molar-refractivity contribution >= 4 is 5.91 Å². The fraction of sp³-hybridized carbons (Fsp3) is 0.941.